The smallest absolute Gasteiger partial charge is 0.252 e. The van der Waals surface area contributed by atoms with E-state index in [1.54, 1.807) is 0 Å². The van der Waals surface area contributed by atoms with Gasteiger partial charge in [0.15, 0.2) is 0 Å². The summed E-state index contributed by atoms with van der Waals surface area (Å²) in [4.78, 5) is 5.11. The van der Waals surface area contributed by atoms with Crippen LogP contribution in [0.25, 0.3) is 81.7 Å². The zero-order valence-corrected chi connectivity index (χ0v) is 37.0. The molecular weight excluding hydrogens is 822 g/mol. The molecule has 0 bridgehead atoms. The second kappa shape index (κ2) is 14.3. The summed E-state index contributed by atoms with van der Waals surface area (Å²) in [5.74, 6) is 0. The van der Waals surface area contributed by atoms with Gasteiger partial charge in [0.1, 0.15) is 0 Å². The van der Waals surface area contributed by atoms with E-state index in [4.69, 9.17) is 0 Å². The minimum atomic E-state index is -0.0444. The maximum absolute atomic E-state index is 2.55. The summed E-state index contributed by atoms with van der Waals surface area (Å²) in [7, 11) is 0. The molecule has 4 heteroatoms. The zero-order chi connectivity index (χ0) is 44.5. The number of rotatable bonds is 4. The summed E-state index contributed by atoms with van der Waals surface area (Å²) in [5.41, 5.74) is 16.9. The number of benzene rings is 12. The Hall–Kier alpha value is -8.86. The highest BCUT2D eigenvalue weighted by molar-refractivity contribution is 7.00. The second-order valence-electron chi connectivity index (χ2n) is 18.5. The van der Waals surface area contributed by atoms with Crippen molar-refractivity contribution in [2.24, 2.45) is 0 Å². The zero-order valence-electron chi connectivity index (χ0n) is 37.0. The van der Waals surface area contributed by atoms with E-state index in [0.717, 1.165) is 17.1 Å². The number of nitrogens with zero attached hydrogens (tertiary/aromatic N) is 3. The van der Waals surface area contributed by atoms with Crippen molar-refractivity contribution in [3.05, 3.63) is 243 Å². The fraction of sp³-hybridized carbons (Fsp3) is 0. The molecule has 0 saturated heterocycles. The van der Waals surface area contributed by atoms with Gasteiger partial charge in [-0.25, -0.2) is 0 Å². The van der Waals surface area contributed by atoms with Gasteiger partial charge in [-0.1, -0.05) is 164 Å². The first-order valence-corrected chi connectivity index (χ1v) is 23.6. The van der Waals surface area contributed by atoms with Crippen LogP contribution < -0.4 is 26.2 Å². The molecule has 3 heterocycles. The normalized spacial score (nSPS) is 12.9. The maximum atomic E-state index is 2.55. The maximum Gasteiger partial charge on any atom is 0.252 e. The van der Waals surface area contributed by atoms with Gasteiger partial charge in [-0.2, -0.15) is 0 Å². The molecule has 68 heavy (non-hydrogen) atoms. The number of para-hydroxylation sites is 4. The minimum absolute atomic E-state index is 0.0444. The number of anilines is 6. The largest absolute Gasteiger partial charge is 0.311 e. The molecule has 2 aliphatic rings. The van der Waals surface area contributed by atoms with Gasteiger partial charge >= 0.3 is 0 Å². The Labute approximate surface area is 394 Å². The van der Waals surface area contributed by atoms with Gasteiger partial charge in [-0.05, 0) is 149 Å². The van der Waals surface area contributed by atoms with Crippen LogP contribution in [0.1, 0.15) is 0 Å². The fourth-order valence-corrected chi connectivity index (χ4v) is 11.9. The first-order valence-electron chi connectivity index (χ1n) is 23.6. The van der Waals surface area contributed by atoms with Crippen molar-refractivity contribution in [2.75, 3.05) is 9.80 Å². The molecule has 314 valence electrons. The molecule has 0 saturated carbocycles. The molecule has 0 atom stereocenters. The van der Waals surface area contributed by atoms with Crippen LogP contribution in [0, 0.1) is 0 Å². The molecule has 3 nitrogen and oxygen atoms in total. The van der Waals surface area contributed by atoms with E-state index in [0.29, 0.717) is 0 Å². The minimum Gasteiger partial charge on any atom is -0.311 e. The van der Waals surface area contributed by atoms with Crippen molar-refractivity contribution < 1.29 is 0 Å². The Balaban J connectivity index is 1.08. The molecule has 0 spiro atoms. The van der Waals surface area contributed by atoms with E-state index in [2.05, 4.69) is 257 Å². The average Bonchev–Trinajstić information content (AvgIpc) is 3.74. The van der Waals surface area contributed by atoms with Gasteiger partial charge in [-0.15, -0.1) is 0 Å². The number of fused-ring (bicyclic) bond motifs is 13. The summed E-state index contributed by atoms with van der Waals surface area (Å²) in [6.45, 7) is -0.0444. The Morgan fingerprint density at radius 3 is 1.28 bits per heavy atom. The van der Waals surface area contributed by atoms with Crippen LogP contribution in [0.5, 0.6) is 0 Å². The highest BCUT2D eigenvalue weighted by Gasteiger charge is 2.44. The highest BCUT2D eigenvalue weighted by Crippen LogP contribution is 2.48. The molecule has 0 unspecified atom stereocenters. The summed E-state index contributed by atoms with van der Waals surface area (Å²) >= 11 is 0. The van der Waals surface area contributed by atoms with E-state index in [-0.39, 0.29) is 6.71 Å². The molecule has 0 amide bonds. The SMILES string of the molecule is c1ccc(N2c3cc4c(ccc5ccccc54)cc3B3c4cc5ccc6ccccc6c5cc4N(c4ccccc4)c4cc(-c5ccc6c(c5)c5ccccc5n6-c5ccccc5)cc2c43)cc1. The summed E-state index contributed by atoms with van der Waals surface area (Å²) < 4.78 is 2.40. The van der Waals surface area contributed by atoms with Crippen LogP contribution in [-0.4, -0.2) is 11.3 Å². The van der Waals surface area contributed by atoms with Crippen LogP contribution in [0.2, 0.25) is 0 Å². The van der Waals surface area contributed by atoms with Crippen molar-refractivity contribution >= 4 is 122 Å². The van der Waals surface area contributed by atoms with Gasteiger partial charge in [-0.3, -0.25) is 0 Å². The fourth-order valence-electron chi connectivity index (χ4n) is 11.9. The topological polar surface area (TPSA) is 11.4 Å². The number of hydrogen-bond acceptors (Lipinski definition) is 2. The molecule has 0 fully saturated rings. The number of aromatic nitrogens is 1. The Morgan fingerprint density at radius 2 is 0.721 bits per heavy atom. The Kier molecular flexibility index (Phi) is 7.87. The Bertz CT molecular complexity index is 4030. The van der Waals surface area contributed by atoms with Crippen LogP contribution in [0.4, 0.5) is 34.1 Å². The first-order chi connectivity index (χ1) is 33.7. The predicted octanol–water partition coefficient (Wildman–Crippen LogP) is 15.1. The van der Waals surface area contributed by atoms with Gasteiger partial charge in [0.05, 0.1) is 11.0 Å². The van der Waals surface area contributed by atoms with E-state index >= 15 is 0 Å². The van der Waals surface area contributed by atoms with Crippen LogP contribution in [0.3, 0.4) is 0 Å². The van der Waals surface area contributed by atoms with E-state index in [1.165, 1.54) is 115 Å². The van der Waals surface area contributed by atoms with Crippen molar-refractivity contribution in [2.45, 2.75) is 0 Å². The van der Waals surface area contributed by atoms with Crippen molar-refractivity contribution in [3.8, 4) is 16.8 Å². The van der Waals surface area contributed by atoms with Gasteiger partial charge in [0.2, 0.25) is 0 Å². The third-order valence-corrected chi connectivity index (χ3v) is 14.8. The second-order valence-corrected chi connectivity index (χ2v) is 18.5. The molecule has 0 aliphatic carbocycles. The van der Waals surface area contributed by atoms with Crippen molar-refractivity contribution in [1.82, 2.24) is 4.57 Å². The Morgan fingerprint density at radius 1 is 0.265 bits per heavy atom. The standard InChI is InChI=1S/C64H40BN3/c1-4-18-47(19-5-1)66-58-27-15-14-26-52(58)55-34-43(32-33-59(55)66)46-37-62-64-63(38-46)68(49-22-8-3-9-23-49)61-40-54-45(31-29-42-17-11-13-25-51(42)54)36-57(61)65(64)56-35-44-30-28-41-16-10-12-24-50(41)53(44)39-60(56)67(62)48-20-6-2-7-21-48/h1-40H. The van der Waals surface area contributed by atoms with E-state index < -0.39 is 0 Å². The molecule has 0 N–H and O–H groups in total. The number of hydrogen-bond donors (Lipinski definition) is 0. The van der Waals surface area contributed by atoms with Crippen molar-refractivity contribution in [1.29, 1.82) is 0 Å². The summed E-state index contributed by atoms with van der Waals surface area (Å²) in [5, 5.41) is 12.5. The molecule has 15 rings (SSSR count). The monoisotopic (exact) mass is 861 g/mol. The van der Waals surface area contributed by atoms with Crippen LogP contribution in [-0.2, 0) is 0 Å². The molecule has 13 aromatic rings. The molecule has 12 aromatic carbocycles. The third kappa shape index (κ3) is 5.37. The first kappa shape index (κ1) is 37.4. The third-order valence-electron chi connectivity index (χ3n) is 14.8. The summed E-state index contributed by atoms with van der Waals surface area (Å²) in [6.07, 6.45) is 0. The summed E-state index contributed by atoms with van der Waals surface area (Å²) in [6, 6.07) is 90.5. The van der Waals surface area contributed by atoms with E-state index in [9.17, 15) is 0 Å². The van der Waals surface area contributed by atoms with Gasteiger partial charge < -0.3 is 14.4 Å². The lowest BCUT2D eigenvalue weighted by molar-refractivity contribution is 1.18. The van der Waals surface area contributed by atoms with Crippen LogP contribution in [0.15, 0.2) is 243 Å². The highest BCUT2D eigenvalue weighted by atomic mass is 15.2. The van der Waals surface area contributed by atoms with Gasteiger partial charge in [0.25, 0.3) is 6.71 Å². The molecule has 2 aliphatic heterocycles. The molecular formula is C64H40BN3. The molecule has 1 aromatic heterocycles. The average molecular weight is 862 g/mol. The van der Waals surface area contributed by atoms with E-state index in [1.807, 2.05) is 0 Å². The quantitative estimate of drug-likeness (QED) is 0.129. The lowest BCUT2D eigenvalue weighted by Crippen LogP contribution is -2.61. The van der Waals surface area contributed by atoms with Crippen LogP contribution >= 0.6 is 0 Å². The van der Waals surface area contributed by atoms with Gasteiger partial charge in [0, 0.05) is 50.6 Å². The lowest BCUT2D eigenvalue weighted by Gasteiger charge is -2.44. The van der Waals surface area contributed by atoms with Crippen molar-refractivity contribution in [3.63, 3.8) is 0 Å². The molecule has 0 radical (unpaired) electrons. The predicted molar refractivity (Wildman–Crippen MR) is 290 cm³/mol. The lowest BCUT2D eigenvalue weighted by atomic mass is 9.33.